The minimum Gasteiger partial charge on any atom is -0.307 e. The van der Waals surface area contributed by atoms with Crippen molar-refractivity contribution in [1.82, 2.24) is 15.3 Å². The Morgan fingerprint density at radius 2 is 2.28 bits per heavy atom. The topological polar surface area (TPSA) is 66.9 Å². The lowest BCUT2D eigenvalue weighted by atomic mass is 9.90. The number of anilines is 1. The van der Waals surface area contributed by atoms with Crippen LogP contribution in [0.5, 0.6) is 0 Å². The van der Waals surface area contributed by atoms with Crippen molar-refractivity contribution in [2.24, 2.45) is 0 Å². The smallest absolute Gasteiger partial charge is 0.245 e. The van der Waals surface area contributed by atoms with Crippen molar-refractivity contribution in [3.8, 4) is 0 Å². The maximum Gasteiger partial charge on any atom is 0.245 e. The lowest BCUT2D eigenvalue weighted by molar-refractivity contribution is -0.122. The molecule has 7 heteroatoms. The van der Waals surface area contributed by atoms with E-state index < -0.39 is 5.54 Å². The first-order chi connectivity index (χ1) is 8.51. The van der Waals surface area contributed by atoms with E-state index in [9.17, 15) is 4.79 Å². The standard InChI is InChI=1S/C11H14Br2N4O/c1-11(4-2-3-5-15-11)10(18)17-9-8(13)16-7(12)6-14-9/h6,15H,2-5H2,1H3,(H,14,17,18). The Morgan fingerprint density at radius 1 is 1.50 bits per heavy atom. The molecular weight excluding hydrogens is 364 g/mol. The van der Waals surface area contributed by atoms with Gasteiger partial charge < -0.3 is 10.6 Å². The van der Waals surface area contributed by atoms with E-state index in [1.54, 1.807) is 6.20 Å². The maximum absolute atomic E-state index is 12.3. The number of halogens is 2. The van der Waals surface area contributed by atoms with Gasteiger partial charge in [-0.2, -0.15) is 0 Å². The summed E-state index contributed by atoms with van der Waals surface area (Å²) in [5.41, 5.74) is -0.521. The second kappa shape index (κ2) is 5.63. The highest BCUT2D eigenvalue weighted by Crippen LogP contribution is 2.23. The van der Waals surface area contributed by atoms with Crippen molar-refractivity contribution in [2.45, 2.75) is 31.7 Å². The van der Waals surface area contributed by atoms with Crippen molar-refractivity contribution in [3.05, 3.63) is 15.4 Å². The van der Waals surface area contributed by atoms with E-state index in [0.29, 0.717) is 15.0 Å². The van der Waals surface area contributed by atoms with Gasteiger partial charge in [0.05, 0.1) is 11.7 Å². The molecule has 1 aliphatic heterocycles. The molecule has 1 unspecified atom stereocenters. The van der Waals surface area contributed by atoms with E-state index in [1.807, 2.05) is 6.92 Å². The van der Waals surface area contributed by atoms with Gasteiger partial charge >= 0.3 is 0 Å². The Hall–Kier alpha value is -0.530. The normalized spacial score (nSPS) is 23.7. The number of piperidine rings is 1. The molecule has 1 aromatic rings. The van der Waals surface area contributed by atoms with Crippen LogP contribution in [0.2, 0.25) is 0 Å². The van der Waals surface area contributed by atoms with Gasteiger partial charge in [-0.05, 0) is 64.6 Å². The van der Waals surface area contributed by atoms with E-state index >= 15 is 0 Å². The van der Waals surface area contributed by atoms with Gasteiger partial charge in [-0.15, -0.1) is 0 Å². The van der Waals surface area contributed by atoms with Crippen molar-refractivity contribution >= 4 is 43.6 Å². The quantitative estimate of drug-likeness (QED) is 0.830. The summed E-state index contributed by atoms with van der Waals surface area (Å²) in [5, 5.41) is 6.07. The van der Waals surface area contributed by atoms with Gasteiger partial charge in [0.1, 0.15) is 9.21 Å². The predicted octanol–water partition coefficient (Wildman–Crippen LogP) is 2.47. The first kappa shape index (κ1) is 13.9. The molecule has 1 saturated heterocycles. The van der Waals surface area contributed by atoms with E-state index in [0.717, 1.165) is 25.8 Å². The molecule has 2 N–H and O–H groups in total. The lowest BCUT2D eigenvalue weighted by Gasteiger charge is -2.33. The Labute approximate surface area is 122 Å². The average Bonchev–Trinajstić information content (AvgIpc) is 2.33. The lowest BCUT2D eigenvalue weighted by Crippen LogP contribution is -2.54. The van der Waals surface area contributed by atoms with Gasteiger partial charge in [-0.25, -0.2) is 9.97 Å². The third kappa shape index (κ3) is 3.07. The van der Waals surface area contributed by atoms with Gasteiger partial charge in [-0.3, -0.25) is 4.79 Å². The van der Waals surface area contributed by atoms with Gasteiger partial charge in [0.25, 0.3) is 0 Å². The highest BCUT2D eigenvalue weighted by molar-refractivity contribution is 9.11. The maximum atomic E-state index is 12.3. The molecule has 98 valence electrons. The second-order valence-corrected chi connectivity index (χ2v) is 6.07. The van der Waals surface area contributed by atoms with Gasteiger partial charge in [0.2, 0.25) is 5.91 Å². The molecule has 1 aliphatic rings. The molecule has 2 rings (SSSR count). The fourth-order valence-electron chi connectivity index (χ4n) is 1.93. The van der Waals surface area contributed by atoms with Crippen molar-refractivity contribution in [2.75, 3.05) is 11.9 Å². The fraction of sp³-hybridized carbons (Fsp3) is 0.545. The van der Waals surface area contributed by atoms with Crippen LogP contribution in [0.25, 0.3) is 0 Å². The third-order valence-electron chi connectivity index (χ3n) is 3.05. The highest BCUT2D eigenvalue weighted by Gasteiger charge is 2.34. The summed E-state index contributed by atoms with van der Waals surface area (Å²) in [5.74, 6) is 0.372. The average molecular weight is 378 g/mol. The Kier molecular flexibility index (Phi) is 4.34. The van der Waals surface area contributed by atoms with Crippen LogP contribution >= 0.6 is 31.9 Å². The molecule has 0 radical (unpaired) electrons. The highest BCUT2D eigenvalue weighted by atomic mass is 79.9. The number of hydrogen-bond acceptors (Lipinski definition) is 4. The van der Waals surface area contributed by atoms with Crippen LogP contribution in [-0.4, -0.2) is 28.0 Å². The minimum atomic E-state index is -0.521. The first-order valence-electron chi connectivity index (χ1n) is 5.76. The predicted molar refractivity (Wildman–Crippen MR) is 76.3 cm³/mol. The van der Waals surface area contributed by atoms with Gasteiger partial charge in [0.15, 0.2) is 5.82 Å². The molecule has 0 spiro atoms. The number of carbonyl (C=O) groups excluding carboxylic acids is 1. The first-order valence-corrected chi connectivity index (χ1v) is 7.34. The largest absolute Gasteiger partial charge is 0.307 e. The summed E-state index contributed by atoms with van der Waals surface area (Å²) in [4.78, 5) is 20.5. The SMILES string of the molecule is CC1(C(=O)Nc2ncc(Br)nc2Br)CCCCN1. The van der Waals surface area contributed by atoms with Crippen molar-refractivity contribution in [1.29, 1.82) is 0 Å². The summed E-state index contributed by atoms with van der Waals surface area (Å²) < 4.78 is 1.14. The Bertz CT molecular complexity index is 460. The molecule has 1 amide bonds. The third-order valence-corrected chi connectivity index (χ3v) is 3.99. The Morgan fingerprint density at radius 3 is 2.89 bits per heavy atom. The van der Waals surface area contributed by atoms with Crippen LogP contribution in [0, 0.1) is 0 Å². The molecule has 5 nitrogen and oxygen atoms in total. The van der Waals surface area contributed by atoms with Crippen molar-refractivity contribution < 1.29 is 4.79 Å². The minimum absolute atomic E-state index is 0.0699. The Balaban J connectivity index is 2.11. The molecule has 1 atom stereocenters. The number of hydrogen-bond donors (Lipinski definition) is 2. The number of carbonyl (C=O) groups is 1. The molecule has 0 aliphatic carbocycles. The number of nitrogens with zero attached hydrogens (tertiary/aromatic N) is 2. The molecule has 0 saturated carbocycles. The zero-order valence-electron chi connectivity index (χ0n) is 9.96. The van der Waals surface area contributed by atoms with Crippen LogP contribution in [0.1, 0.15) is 26.2 Å². The molecule has 1 aromatic heterocycles. The zero-order valence-corrected chi connectivity index (χ0v) is 13.1. The van der Waals surface area contributed by atoms with E-state index in [-0.39, 0.29) is 5.91 Å². The van der Waals surface area contributed by atoms with Gasteiger partial charge in [-0.1, -0.05) is 0 Å². The molecule has 0 bridgehead atoms. The molecule has 2 heterocycles. The summed E-state index contributed by atoms with van der Waals surface area (Å²) in [6, 6.07) is 0. The second-order valence-electron chi connectivity index (χ2n) is 4.50. The van der Waals surface area contributed by atoms with Crippen LogP contribution in [0.4, 0.5) is 5.82 Å². The van der Waals surface area contributed by atoms with E-state index in [4.69, 9.17) is 0 Å². The van der Waals surface area contributed by atoms with Crippen LogP contribution in [-0.2, 0) is 4.79 Å². The molecular formula is C11H14Br2N4O. The molecule has 18 heavy (non-hydrogen) atoms. The summed E-state index contributed by atoms with van der Waals surface area (Å²) in [6.07, 6.45) is 4.56. The van der Waals surface area contributed by atoms with Crippen LogP contribution < -0.4 is 10.6 Å². The monoisotopic (exact) mass is 376 g/mol. The fourth-order valence-corrected chi connectivity index (χ4v) is 2.84. The van der Waals surface area contributed by atoms with Gasteiger partial charge in [0, 0.05) is 0 Å². The number of rotatable bonds is 2. The number of aromatic nitrogens is 2. The zero-order chi connectivity index (χ0) is 13.2. The molecule has 0 aromatic carbocycles. The van der Waals surface area contributed by atoms with E-state index in [2.05, 4.69) is 52.5 Å². The number of amides is 1. The molecule has 1 fully saturated rings. The van der Waals surface area contributed by atoms with Crippen molar-refractivity contribution in [3.63, 3.8) is 0 Å². The summed E-state index contributed by atoms with van der Waals surface area (Å²) in [6.45, 7) is 2.79. The van der Waals surface area contributed by atoms with Crippen LogP contribution in [0.3, 0.4) is 0 Å². The summed E-state index contributed by atoms with van der Waals surface area (Å²) >= 11 is 6.50. The van der Waals surface area contributed by atoms with Crippen LogP contribution in [0.15, 0.2) is 15.4 Å². The van der Waals surface area contributed by atoms with E-state index in [1.165, 1.54) is 0 Å². The number of nitrogens with one attached hydrogen (secondary N) is 2. The summed E-state index contributed by atoms with van der Waals surface area (Å²) in [7, 11) is 0.